The molecule has 1 saturated carbocycles. The summed E-state index contributed by atoms with van der Waals surface area (Å²) in [5.74, 6) is 1.47. The highest BCUT2D eigenvalue weighted by Crippen LogP contribution is 2.30. The first-order chi connectivity index (χ1) is 10.0. The number of aromatic nitrogens is 2. The van der Waals surface area contributed by atoms with Crippen LogP contribution in [0.15, 0.2) is 0 Å². The Balaban J connectivity index is 2.24. The maximum absolute atomic E-state index is 5.90. The smallest absolute Gasteiger partial charge is 0.159 e. The lowest BCUT2D eigenvalue weighted by Crippen LogP contribution is -2.32. The monoisotopic (exact) mass is 306 g/mol. The molecule has 0 bridgehead atoms. The van der Waals surface area contributed by atoms with Crippen molar-refractivity contribution in [1.82, 2.24) is 10.2 Å². The van der Waals surface area contributed by atoms with Crippen molar-refractivity contribution < 1.29 is 0 Å². The van der Waals surface area contributed by atoms with Crippen LogP contribution in [-0.2, 0) is 0 Å². The highest BCUT2D eigenvalue weighted by atomic mass is 32.1. The van der Waals surface area contributed by atoms with E-state index >= 15 is 0 Å². The molecule has 1 aromatic rings. The second-order valence-electron chi connectivity index (χ2n) is 6.06. The summed E-state index contributed by atoms with van der Waals surface area (Å²) in [6.07, 6.45) is 7.72. The molecular weight excluding hydrogens is 280 g/mol. The van der Waals surface area contributed by atoms with E-state index in [2.05, 4.69) is 22.4 Å². The van der Waals surface area contributed by atoms with Crippen LogP contribution in [0.5, 0.6) is 0 Å². The molecular formula is C16H26N4S. The molecule has 3 N–H and O–H groups in total. The first-order valence-electron chi connectivity index (χ1n) is 7.94. The molecule has 0 spiro atoms. The molecule has 5 heteroatoms. The zero-order valence-corrected chi connectivity index (χ0v) is 14.1. The van der Waals surface area contributed by atoms with E-state index in [9.17, 15) is 0 Å². The average Bonchev–Trinajstić information content (AvgIpc) is 2.48. The van der Waals surface area contributed by atoms with Gasteiger partial charge in [-0.3, -0.25) is 0 Å². The van der Waals surface area contributed by atoms with Gasteiger partial charge in [-0.15, -0.1) is 5.10 Å². The lowest BCUT2D eigenvalue weighted by atomic mass is 9.83. The zero-order valence-electron chi connectivity index (χ0n) is 13.3. The van der Waals surface area contributed by atoms with Crippen molar-refractivity contribution >= 4 is 23.0 Å². The van der Waals surface area contributed by atoms with E-state index in [0.717, 1.165) is 29.1 Å². The molecule has 1 aliphatic carbocycles. The predicted molar refractivity (Wildman–Crippen MR) is 91.7 cm³/mol. The van der Waals surface area contributed by atoms with Crippen molar-refractivity contribution in [3.63, 3.8) is 0 Å². The second kappa shape index (κ2) is 7.16. The van der Waals surface area contributed by atoms with Crippen LogP contribution in [0.3, 0.4) is 0 Å². The molecule has 0 aromatic carbocycles. The molecule has 0 radical (unpaired) electrons. The first-order valence-corrected chi connectivity index (χ1v) is 8.35. The number of rotatable bonds is 5. The number of nitrogens with zero attached hydrogens (tertiary/aromatic N) is 2. The highest BCUT2D eigenvalue weighted by molar-refractivity contribution is 7.80. The van der Waals surface area contributed by atoms with Gasteiger partial charge in [0.15, 0.2) is 5.82 Å². The Morgan fingerprint density at radius 2 is 1.95 bits per heavy atom. The van der Waals surface area contributed by atoms with Crippen LogP contribution in [0.4, 0.5) is 5.82 Å². The van der Waals surface area contributed by atoms with E-state index in [4.69, 9.17) is 18.0 Å². The van der Waals surface area contributed by atoms with Gasteiger partial charge in [0.2, 0.25) is 0 Å². The van der Waals surface area contributed by atoms with E-state index in [0.29, 0.717) is 16.9 Å². The quantitative estimate of drug-likeness (QED) is 0.815. The maximum Gasteiger partial charge on any atom is 0.159 e. The predicted octanol–water partition coefficient (Wildman–Crippen LogP) is 3.50. The van der Waals surface area contributed by atoms with Crippen LogP contribution in [-0.4, -0.2) is 21.2 Å². The van der Waals surface area contributed by atoms with Crippen LogP contribution >= 0.6 is 12.2 Å². The largest absolute Gasteiger partial charge is 0.389 e. The fraction of sp³-hybridized carbons (Fsp3) is 0.688. The Morgan fingerprint density at radius 3 is 2.52 bits per heavy atom. The Bertz CT molecular complexity index is 509. The molecule has 4 nitrogen and oxygen atoms in total. The molecule has 1 atom stereocenters. The summed E-state index contributed by atoms with van der Waals surface area (Å²) in [6, 6.07) is 0.426. The van der Waals surface area contributed by atoms with Gasteiger partial charge in [-0.05, 0) is 44.6 Å². The molecule has 1 fully saturated rings. The molecule has 1 unspecified atom stereocenters. The summed E-state index contributed by atoms with van der Waals surface area (Å²) in [4.78, 5) is 0.395. The molecule has 1 heterocycles. The van der Waals surface area contributed by atoms with E-state index in [1.165, 1.54) is 32.1 Å². The maximum atomic E-state index is 5.90. The highest BCUT2D eigenvalue weighted by Gasteiger charge is 2.24. The number of hydrogen-bond acceptors (Lipinski definition) is 4. The molecule has 0 amide bonds. The van der Waals surface area contributed by atoms with Crippen LogP contribution in [0.25, 0.3) is 0 Å². The summed E-state index contributed by atoms with van der Waals surface area (Å²) in [7, 11) is 0. The van der Waals surface area contributed by atoms with Crippen molar-refractivity contribution in [3.05, 3.63) is 16.8 Å². The summed E-state index contributed by atoms with van der Waals surface area (Å²) < 4.78 is 0. The van der Waals surface area contributed by atoms with Crippen molar-refractivity contribution in [3.8, 4) is 0 Å². The minimum Gasteiger partial charge on any atom is -0.389 e. The normalized spacial score (nSPS) is 17.5. The van der Waals surface area contributed by atoms with Crippen molar-refractivity contribution in [2.45, 2.75) is 65.3 Å². The van der Waals surface area contributed by atoms with Crippen LogP contribution in [0, 0.1) is 19.8 Å². The zero-order chi connectivity index (χ0) is 15.4. The van der Waals surface area contributed by atoms with Gasteiger partial charge in [-0.25, -0.2) is 0 Å². The third kappa shape index (κ3) is 3.70. The Labute approximate surface area is 132 Å². The van der Waals surface area contributed by atoms with Crippen LogP contribution < -0.4 is 11.1 Å². The first kappa shape index (κ1) is 16.1. The number of aryl methyl sites for hydroxylation is 1. The van der Waals surface area contributed by atoms with Gasteiger partial charge < -0.3 is 11.1 Å². The summed E-state index contributed by atoms with van der Waals surface area (Å²) >= 11 is 5.21. The Hall–Kier alpha value is -1.23. The fourth-order valence-electron chi connectivity index (χ4n) is 3.28. The van der Waals surface area contributed by atoms with Gasteiger partial charge in [0.25, 0.3) is 0 Å². The topological polar surface area (TPSA) is 63.8 Å². The molecule has 116 valence electrons. The summed E-state index contributed by atoms with van der Waals surface area (Å²) in [6.45, 7) is 6.17. The van der Waals surface area contributed by atoms with Crippen molar-refractivity contribution in [1.29, 1.82) is 0 Å². The van der Waals surface area contributed by atoms with E-state index in [1.54, 1.807) is 0 Å². The Kier molecular flexibility index (Phi) is 5.51. The van der Waals surface area contributed by atoms with Gasteiger partial charge in [0, 0.05) is 6.04 Å². The summed E-state index contributed by atoms with van der Waals surface area (Å²) in [5.41, 5.74) is 8.67. The number of nitrogens with one attached hydrogen (secondary N) is 1. The number of anilines is 1. The van der Waals surface area contributed by atoms with Crippen LogP contribution in [0.1, 0.15) is 62.3 Å². The van der Waals surface area contributed by atoms with E-state index in [-0.39, 0.29) is 0 Å². The molecule has 0 saturated heterocycles. The number of hydrogen-bond donors (Lipinski definition) is 2. The second-order valence-corrected chi connectivity index (χ2v) is 6.50. The third-order valence-corrected chi connectivity index (χ3v) is 4.89. The lowest BCUT2D eigenvalue weighted by Gasteiger charge is -2.31. The van der Waals surface area contributed by atoms with Crippen molar-refractivity contribution in [2.75, 3.05) is 5.32 Å². The average molecular weight is 306 g/mol. The fourth-order valence-corrected chi connectivity index (χ4v) is 3.53. The molecule has 1 aliphatic rings. The standard InChI is InChI=1S/C16H26N4S/c1-4-13(12-8-6-5-7-9-12)18-16-14(15(17)21)10(2)11(3)19-20-16/h12-13H,4-9H2,1-3H3,(H2,17,21)(H,18,20). The van der Waals surface area contributed by atoms with Gasteiger partial charge >= 0.3 is 0 Å². The molecule has 0 aliphatic heterocycles. The number of thiocarbonyl (C=S) groups is 1. The molecule has 21 heavy (non-hydrogen) atoms. The third-order valence-electron chi connectivity index (χ3n) is 4.68. The van der Waals surface area contributed by atoms with Crippen molar-refractivity contribution in [2.24, 2.45) is 11.7 Å². The lowest BCUT2D eigenvalue weighted by molar-refractivity contribution is 0.312. The summed E-state index contributed by atoms with van der Waals surface area (Å²) in [5, 5.41) is 12.1. The minimum atomic E-state index is 0.395. The van der Waals surface area contributed by atoms with Gasteiger partial charge in [-0.1, -0.05) is 38.4 Å². The van der Waals surface area contributed by atoms with E-state index in [1.807, 2.05) is 13.8 Å². The minimum absolute atomic E-state index is 0.395. The Morgan fingerprint density at radius 1 is 1.29 bits per heavy atom. The van der Waals surface area contributed by atoms with Gasteiger partial charge in [0.1, 0.15) is 4.99 Å². The SMILES string of the molecule is CCC(Nc1nnc(C)c(C)c1C(N)=S)C1CCCCC1. The molecule has 2 rings (SSSR count). The van der Waals surface area contributed by atoms with Gasteiger partial charge in [0.05, 0.1) is 11.3 Å². The van der Waals surface area contributed by atoms with Gasteiger partial charge in [-0.2, -0.15) is 5.10 Å². The van der Waals surface area contributed by atoms with Crippen LogP contribution in [0.2, 0.25) is 0 Å². The number of nitrogens with two attached hydrogens (primary N) is 1. The molecule has 1 aromatic heterocycles. The van der Waals surface area contributed by atoms with E-state index < -0.39 is 0 Å².